The minimum atomic E-state index is -4.67. The molecule has 0 radical (unpaired) electrons. The van der Waals surface area contributed by atoms with Crippen LogP contribution in [0.2, 0.25) is 0 Å². The van der Waals surface area contributed by atoms with E-state index in [0.29, 0.717) is 0 Å². The first kappa shape index (κ1) is 15.2. The Hall–Kier alpha value is -1.83. The summed E-state index contributed by atoms with van der Waals surface area (Å²) >= 11 is 0. The fraction of sp³-hybridized carbons (Fsp3) is 0. The van der Waals surface area contributed by atoms with Crippen LogP contribution in [0.15, 0.2) is 61.2 Å². The van der Waals surface area contributed by atoms with E-state index in [4.69, 9.17) is 17.5 Å². The zero-order valence-corrected chi connectivity index (χ0v) is 9.60. The third-order valence-corrected chi connectivity index (χ3v) is 1.13. The van der Waals surface area contributed by atoms with Gasteiger partial charge >= 0.3 is 10.4 Å². The van der Waals surface area contributed by atoms with Crippen LogP contribution >= 0.6 is 0 Å². The lowest BCUT2D eigenvalue weighted by Gasteiger charge is -1.70. The molecule has 2 aromatic rings. The van der Waals surface area contributed by atoms with Gasteiger partial charge in [-0.25, -0.2) is 0 Å². The van der Waals surface area contributed by atoms with E-state index in [0.717, 1.165) is 0 Å². The van der Waals surface area contributed by atoms with E-state index >= 15 is 0 Å². The van der Waals surface area contributed by atoms with Crippen molar-refractivity contribution in [2.24, 2.45) is 0 Å². The fourth-order valence-corrected chi connectivity index (χ4v) is 0.625. The summed E-state index contributed by atoms with van der Waals surface area (Å²) in [6.07, 6.45) is 7.00. The van der Waals surface area contributed by atoms with Gasteiger partial charge in [-0.15, -0.1) is 0 Å². The van der Waals surface area contributed by atoms with Gasteiger partial charge in [0.2, 0.25) is 0 Å². The van der Waals surface area contributed by atoms with Crippen LogP contribution in [0.25, 0.3) is 0 Å². The topological polar surface area (TPSA) is 100 Å². The Morgan fingerprint density at radius 2 is 0.882 bits per heavy atom. The average molecular weight is 256 g/mol. The molecule has 0 unspecified atom stereocenters. The maximum atomic E-state index is 8.74. The van der Waals surface area contributed by atoms with Crippen molar-refractivity contribution < 1.29 is 17.5 Å². The Bertz CT molecular complexity index is 369. The van der Waals surface area contributed by atoms with Gasteiger partial charge in [-0.05, 0) is 24.3 Å². The third kappa shape index (κ3) is 20.3. The highest BCUT2D eigenvalue weighted by Crippen LogP contribution is 1.74. The molecule has 0 amide bonds. The molecule has 2 N–H and O–H groups in total. The van der Waals surface area contributed by atoms with Crippen LogP contribution in [0, 0.1) is 0 Å². The van der Waals surface area contributed by atoms with Gasteiger partial charge in [0.1, 0.15) is 0 Å². The molecule has 7 heteroatoms. The maximum absolute atomic E-state index is 8.74. The van der Waals surface area contributed by atoms with Gasteiger partial charge in [0, 0.05) is 24.8 Å². The molecule has 0 saturated heterocycles. The van der Waals surface area contributed by atoms with Gasteiger partial charge in [-0.1, -0.05) is 12.1 Å². The van der Waals surface area contributed by atoms with Crippen molar-refractivity contribution in [1.82, 2.24) is 9.97 Å². The first-order valence-corrected chi connectivity index (χ1v) is 5.79. The number of pyridine rings is 2. The van der Waals surface area contributed by atoms with Crippen LogP contribution in [0.4, 0.5) is 0 Å². The molecule has 0 aliphatic heterocycles. The summed E-state index contributed by atoms with van der Waals surface area (Å²) in [7, 11) is -4.67. The smallest absolute Gasteiger partial charge is 0.265 e. The molecule has 0 aliphatic carbocycles. The lowest BCUT2D eigenvalue weighted by Crippen LogP contribution is -1.89. The largest absolute Gasteiger partial charge is 0.394 e. The van der Waals surface area contributed by atoms with E-state index in [-0.39, 0.29) is 0 Å². The van der Waals surface area contributed by atoms with Crippen LogP contribution in [0.5, 0.6) is 0 Å². The Morgan fingerprint density at radius 1 is 0.647 bits per heavy atom. The maximum Gasteiger partial charge on any atom is 0.394 e. The van der Waals surface area contributed by atoms with Crippen LogP contribution in [-0.4, -0.2) is 27.5 Å². The SMILES string of the molecule is O=S(=O)(O)O.c1ccncc1.c1ccncc1. The van der Waals surface area contributed by atoms with Crippen molar-refractivity contribution in [3.05, 3.63) is 61.2 Å². The second-order valence-electron chi connectivity index (χ2n) is 2.50. The van der Waals surface area contributed by atoms with Gasteiger partial charge in [0.05, 0.1) is 0 Å². The molecule has 0 aromatic carbocycles. The highest BCUT2D eigenvalue weighted by molar-refractivity contribution is 7.79. The Balaban J connectivity index is 0.000000228. The normalized spacial score (nSPS) is 9.06. The van der Waals surface area contributed by atoms with Crippen LogP contribution in [0.1, 0.15) is 0 Å². The minimum absolute atomic E-state index is 1.75. The van der Waals surface area contributed by atoms with Crippen molar-refractivity contribution in [3.63, 3.8) is 0 Å². The van der Waals surface area contributed by atoms with Gasteiger partial charge < -0.3 is 0 Å². The number of rotatable bonds is 0. The molecular formula is C10H12N2O4S. The van der Waals surface area contributed by atoms with E-state index < -0.39 is 10.4 Å². The molecular weight excluding hydrogens is 244 g/mol. The first-order chi connectivity index (χ1) is 8.00. The van der Waals surface area contributed by atoms with E-state index in [1.54, 1.807) is 24.8 Å². The predicted molar refractivity (Wildman–Crippen MR) is 62.7 cm³/mol. The summed E-state index contributed by atoms with van der Waals surface area (Å²) in [5.74, 6) is 0. The second-order valence-corrected chi connectivity index (χ2v) is 3.39. The third-order valence-electron chi connectivity index (χ3n) is 1.13. The number of nitrogens with zero attached hydrogens (tertiary/aromatic N) is 2. The van der Waals surface area contributed by atoms with Gasteiger partial charge in [0.15, 0.2) is 0 Å². The first-order valence-electron chi connectivity index (χ1n) is 4.40. The molecule has 0 bridgehead atoms. The summed E-state index contributed by atoms with van der Waals surface area (Å²) in [5, 5.41) is 0. The zero-order valence-electron chi connectivity index (χ0n) is 8.79. The summed E-state index contributed by atoms with van der Waals surface area (Å²) in [5.41, 5.74) is 0. The Kier molecular flexibility index (Phi) is 8.39. The van der Waals surface area contributed by atoms with Crippen molar-refractivity contribution in [2.45, 2.75) is 0 Å². The van der Waals surface area contributed by atoms with Gasteiger partial charge in [0.25, 0.3) is 0 Å². The minimum Gasteiger partial charge on any atom is -0.265 e. The van der Waals surface area contributed by atoms with E-state index in [1.807, 2.05) is 36.4 Å². The van der Waals surface area contributed by atoms with Crippen LogP contribution < -0.4 is 0 Å². The fourth-order valence-electron chi connectivity index (χ4n) is 0.625. The molecule has 0 saturated carbocycles. The number of aromatic nitrogens is 2. The van der Waals surface area contributed by atoms with Crippen molar-refractivity contribution in [1.29, 1.82) is 0 Å². The Morgan fingerprint density at radius 3 is 0.941 bits per heavy atom. The standard InChI is InChI=1S/2C5H5N.H2O4S/c2*1-2-4-6-5-3-1;1-5(2,3)4/h2*1-5H;(H2,1,2,3,4). The molecule has 0 atom stereocenters. The summed E-state index contributed by atoms with van der Waals surface area (Å²) in [6, 6.07) is 11.4. The van der Waals surface area contributed by atoms with E-state index in [1.165, 1.54) is 0 Å². The molecule has 2 heterocycles. The predicted octanol–water partition coefficient (Wildman–Crippen LogP) is 1.51. The number of hydrogen-bond acceptors (Lipinski definition) is 4. The van der Waals surface area contributed by atoms with Gasteiger partial charge in [-0.3, -0.25) is 19.1 Å². The average Bonchev–Trinajstić information content (AvgIpc) is 2.32. The lowest BCUT2D eigenvalue weighted by atomic mass is 10.5. The second kappa shape index (κ2) is 9.40. The Labute approximate surface area is 99.6 Å². The summed E-state index contributed by atoms with van der Waals surface area (Å²) < 4.78 is 31.6. The van der Waals surface area contributed by atoms with Crippen LogP contribution in [-0.2, 0) is 10.4 Å². The number of hydrogen-bond donors (Lipinski definition) is 2. The van der Waals surface area contributed by atoms with Crippen LogP contribution in [0.3, 0.4) is 0 Å². The molecule has 6 nitrogen and oxygen atoms in total. The van der Waals surface area contributed by atoms with E-state index in [2.05, 4.69) is 9.97 Å². The molecule has 0 fully saturated rings. The molecule has 17 heavy (non-hydrogen) atoms. The molecule has 2 aromatic heterocycles. The monoisotopic (exact) mass is 256 g/mol. The lowest BCUT2D eigenvalue weighted by molar-refractivity contribution is 0.381. The van der Waals surface area contributed by atoms with Crippen molar-refractivity contribution >= 4 is 10.4 Å². The van der Waals surface area contributed by atoms with Crippen molar-refractivity contribution in [2.75, 3.05) is 0 Å². The summed E-state index contributed by atoms with van der Waals surface area (Å²) in [6.45, 7) is 0. The molecule has 0 aliphatic rings. The van der Waals surface area contributed by atoms with Gasteiger partial charge in [-0.2, -0.15) is 8.42 Å². The molecule has 2 rings (SSSR count). The quantitative estimate of drug-likeness (QED) is 0.693. The van der Waals surface area contributed by atoms with Crippen molar-refractivity contribution in [3.8, 4) is 0 Å². The zero-order chi connectivity index (χ0) is 13.0. The highest BCUT2D eigenvalue weighted by Gasteiger charge is 1.84. The molecule has 0 spiro atoms. The highest BCUT2D eigenvalue weighted by atomic mass is 32.3. The molecule has 92 valence electrons. The van der Waals surface area contributed by atoms with E-state index in [9.17, 15) is 0 Å². The summed E-state index contributed by atoms with van der Waals surface area (Å²) in [4.78, 5) is 7.57.